The summed E-state index contributed by atoms with van der Waals surface area (Å²) in [4.78, 5) is 2.38. The zero-order valence-electron chi connectivity index (χ0n) is 15.7. The Balaban J connectivity index is 1.60. The van der Waals surface area contributed by atoms with Crippen LogP contribution in [0.15, 0.2) is 24.3 Å². The van der Waals surface area contributed by atoms with Crippen molar-refractivity contribution in [3.63, 3.8) is 0 Å². The van der Waals surface area contributed by atoms with Gasteiger partial charge in [0.25, 0.3) is 0 Å². The molecule has 2 heterocycles. The molecule has 0 amide bonds. The molecule has 1 saturated heterocycles. The molecule has 0 saturated carbocycles. The van der Waals surface area contributed by atoms with Crippen LogP contribution in [0.25, 0.3) is 0 Å². The second-order valence-electron chi connectivity index (χ2n) is 7.14. The van der Waals surface area contributed by atoms with E-state index in [0.717, 1.165) is 30.8 Å². The molecule has 1 aromatic carbocycles. The van der Waals surface area contributed by atoms with E-state index in [4.69, 9.17) is 4.74 Å². The lowest BCUT2D eigenvalue weighted by Gasteiger charge is -2.27. The molecule has 0 aliphatic carbocycles. The number of aromatic nitrogens is 2. The van der Waals surface area contributed by atoms with Gasteiger partial charge in [-0.15, -0.1) is 0 Å². The van der Waals surface area contributed by atoms with Gasteiger partial charge in [-0.05, 0) is 52.3 Å². The molecular formula is C20H29N3O2. The topological polar surface area (TPSA) is 50.5 Å². The monoisotopic (exact) mass is 343 g/mol. The van der Waals surface area contributed by atoms with Crippen LogP contribution in [0.4, 0.5) is 0 Å². The van der Waals surface area contributed by atoms with E-state index in [0.29, 0.717) is 19.2 Å². The van der Waals surface area contributed by atoms with Gasteiger partial charge < -0.3 is 9.84 Å². The van der Waals surface area contributed by atoms with Gasteiger partial charge in [-0.1, -0.05) is 17.7 Å². The molecule has 1 N–H and O–H groups in total. The Bertz CT molecular complexity index is 708. The van der Waals surface area contributed by atoms with Crippen LogP contribution in [-0.4, -0.2) is 45.6 Å². The van der Waals surface area contributed by atoms with Crippen molar-refractivity contribution >= 4 is 0 Å². The lowest BCUT2D eigenvalue weighted by Crippen LogP contribution is -2.35. The number of nitrogens with zero attached hydrogens (tertiary/aromatic N) is 3. The summed E-state index contributed by atoms with van der Waals surface area (Å²) in [5.41, 5.74) is 4.85. The molecule has 1 aliphatic rings. The smallest absolute Gasteiger partial charge is 0.119 e. The summed E-state index contributed by atoms with van der Waals surface area (Å²) in [5.74, 6) is 0.807. The standard InChI is InChI=1S/C20H29N3O2/c1-14-7-9-18(10-8-14)25-13-17(24)12-23-11-5-6-19(23)20-15(2)21-22(4)16(20)3/h7-10,17,19,24H,5-6,11-13H2,1-4H3/t17-,19-/m1/s1. The van der Waals surface area contributed by atoms with E-state index in [-0.39, 0.29) is 0 Å². The van der Waals surface area contributed by atoms with Gasteiger partial charge in [0.05, 0.1) is 5.69 Å². The number of aliphatic hydroxyl groups excluding tert-OH is 1. The van der Waals surface area contributed by atoms with Gasteiger partial charge in [-0.25, -0.2) is 0 Å². The van der Waals surface area contributed by atoms with Crippen molar-refractivity contribution in [3.8, 4) is 5.75 Å². The third-order valence-corrected chi connectivity index (χ3v) is 5.17. The number of aryl methyl sites for hydroxylation is 3. The highest BCUT2D eigenvalue weighted by Crippen LogP contribution is 2.35. The highest BCUT2D eigenvalue weighted by Gasteiger charge is 2.31. The zero-order valence-corrected chi connectivity index (χ0v) is 15.7. The number of ether oxygens (including phenoxy) is 1. The molecule has 3 rings (SSSR count). The Hall–Kier alpha value is -1.85. The maximum atomic E-state index is 10.4. The number of hydrogen-bond donors (Lipinski definition) is 1. The van der Waals surface area contributed by atoms with Gasteiger partial charge in [0, 0.05) is 30.9 Å². The van der Waals surface area contributed by atoms with E-state index in [1.165, 1.54) is 16.8 Å². The summed E-state index contributed by atoms with van der Waals surface area (Å²) in [6.45, 7) is 8.22. The minimum absolute atomic E-state index is 0.317. The number of hydrogen-bond acceptors (Lipinski definition) is 4. The fraction of sp³-hybridized carbons (Fsp3) is 0.550. The summed E-state index contributed by atoms with van der Waals surface area (Å²) in [7, 11) is 2.00. The second kappa shape index (κ2) is 7.58. The van der Waals surface area contributed by atoms with Crippen LogP contribution in [-0.2, 0) is 7.05 Å². The lowest BCUT2D eigenvalue weighted by atomic mass is 10.0. The van der Waals surface area contributed by atoms with Gasteiger partial charge in [0.1, 0.15) is 18.5 Å². The van der Waals surface area contributed by atoms with Gasteiger partial charge >= 0.3 is 0 Å². The Morgan fingerprint density at radius 2 is 1.96 bits per heavy atom. The number of likely N-dealkylation sites (tertiary alicyclic amines) is 1. The van der Waals surface area contributed by atoms with Crippen LogP contribution < -0.4 is 4.74 Å². The number of aliphatic hydroxyl groups is 1. The maximum absolute atomic E-state index is 10.4. The minimum atomic E-state index is -0.501. The molecule has 5 nitrogen and oxygen atoms in total. The molecule has 2 atom stereocenters. The van der Waals surface area contributed by atoms with E-state index in [9.17, 15) is 5.11 Å². The van der Waals surface area contributed by atoms with Crippen LogP contribution in [0.2, 0.25) is 0 Å². The van der Waals surface area contributed by atoms with Crippen molar-refractivity contribution in [2.75, 3.05) is 19.7 Å². The normalized spacial score (nSPS) is 19.3. The molecule has 1 aliphatic heterocycles. The first-order chi connectivity index (χ1) is 12.0. The zero-order chi connectivity index (χ0) is 18.0. The largest absolute Gasteiger partial charge is 0.491 e. The number of rotatable bonds is 6. The van der Waals surface area contributed by atoms with Crippen molar-refractivity contribution < 1.29 is 9.84 Å². The molecule has 25 heavy (non-hydrogen) atoms. The number of benzene rings is 1. The van der Waals surface area contributed by atoms with Gasteiger partial charge in [0.15, 0.2) is 0 Å². The van der Waals surface area contributed by atoms with E-state index in [1.807, 2.05) is 36.0 Å². The molecule has 136 valence electrons. The van der Waals surface area contributed by atoms with Crippen molar-refractivity contribution in [2.24, 2.45) is 7.05 Å². The molecule has 5 heteroatoms. The summed E-state index contributed by atoms with van der Waals surface area (Å²) in [5, 5.41) is 15.0. The summed E-state index contributed by atoms with van der Waals surface area (Å²) >= 11 is 0. The average molecular weight is 343 g/mol. The SMILES string of the molecule is Cc1ccc(OC[C@H](O)CN2CCC[C@@H]2c2c(C)nn(C)c2C)cc1. The van der Waals surface area contributed by atoms with Crippen molar-refractivity contribution in [1.82, 2.24) is 14.7 Å². The van der Waals surface area contributed by atoms with Crippen LogP contribution >= 0.6 is 0 Å². The first-order valence-corrected chi connectivity index (χ1v) is 9.07. The van der Waals surface area contributed by atoms with Crippen LogP contribution in [0, 0.1) is 20.8 Å². The Labute approximate surface area is 150 Å². The highest BCUT2D eigenvalue weighted by atomic mass is 16.5. The summed E-state index contributed by atoms with van der Waals surface area (Å²) < 4.78 is 7.69. The third-order valence-electron chi connectivity index (χ3n) is 5.17. The Morgan fingerprint density at radius 1 is 1.24 bits per heavy atom. The summed E-state index contributed by atoms with van der Waals surface area (Å²) in [6, 6.07) is 8.28. The quantitative estimate of drug-likeness (QED) is 0.876. The fourth-order valence-electron chi connectivity index (χ4n) is 3.79. The van der Waals surface area contributed by atoms with Gasteiger partial charge in [-0.2, -0.15) is 5.10 Å². The highest BCUT2D eigenvalue weighted by molar-refractivity contribution is 5.29. The second-order valence-corrected chi connectivity index (χ2v) is 7.14. The third kappa shape index (κ3) is 4.05. The predicted molar refractivity (Wildman–Crippen MR) is 98.9 cm³/mol. The summed E-state index contributed by atoms with van der Waals surface area (Å²) in [6.07, 6.45) is 1.78. The van der Waals surface area contributed by atoms with Crippen molar-refractivity contribution in [3.05, 3.63) is 46.8 Å². The molecule has 0 spiro atoms. The fourth-order valence-corrected chi connectivity index (χ4v) is 3.79. The molecule has 0 radical (unpaired) electrons. The van der Waals surface area contributed by atoms with E-state index >= 15 is 0 Å². The first-order valence-electron chi connectivity index (χ1n) is 9.07. The van der Waals surface area contributed by atoms with E-state index in [2.05, 4.69) is 30.8 Å². The molecule has 1 aromatic heterocycles. The Morgan fingerprint density at radius 3 is 2.60 bits per heavy atom. The van der Waals surface area contributed by atoms with Crippen molar-refractivity contribution in [2.45, 2.75) is 45.8 Å². The minimum Gasteiger partial charge on any atom is -0.491 e. The van der Waals surface area contributed by atoms with Crippen LogP contribution in [0.1, 0.15) is 41.4 Å². The molecule has 2 aromatic rings. The molecule has 0 unspecified atom stereocenters. The van der Waals surface area contributed by atoms with Crippen molar-refractivity contribution in [1.29, 1.82) is 0 Å². The molecular weight excluding hydrogens is 314 g/mol. The van der Waals surface area contributed by atoms with E-state index < -0.39 is 6.10 Å². The molecule has 0 bridgehead atoms. The van der Waals surface area contributed by atoms with Crippen LogP contribution in [0.3, 0.4) is 0 Å². The predicted octanol–water partition coefficient (Wildman–Crippen LogP) is 2.92. The number of β-amino-alcohol motifs (C(OH)–C–C–N with tert-alkyl or cyclic N) is 1. The maximum Gasteiger partial charge on any atom is 0.119 e. The molecule has 1 fully saturated rings. The average Bonchev–Trinajstić information content (AvgIpc) is 3.11. The first kappa shape index (κ1) is 18.0. The van der Waals surface area contributed by atoms with Gasteiger partial charge in [0.2, 0.25) is 0 Å². The van der Waals surface area contributed by atoms with Gasteiger partial charge in [-0.3, -0.25) is 9.58 Å². The Kier molecular flexibility index (Phi) is 5.45. The van der Waals surface area contributed by atoms with E-state index in [1.54, 1.807) is 0 Å². The van der Waals surface area contributed by atoms with Crippen LogP contribution in [0.5, 0.6) is 5.75 Å². The lowest BCUT2D eigenvalue weighted by molar-refractivity contribution is 0.0637.